The normalized spacial score (nSPS) is 8.88. The summed E-state index contributed by atoms with van der Waals surface area (Å²) in [5, 5.41) is 1.10. The zero-order valence-electron chi connectivity index (χ0n) is 4.88. The first kappa shape index (κ1) is 7.72. The van der Waals surface area contributed by atoms with Gasteiger partial charge in [0.1, 0.15) is 11.6 Å². The van der Waals surface area contributed by atoms with Crippen molar-refractivity contribution in [2.75, 3.05) is 20.0 Å². The van der Waals surface area contributed by atoms with Crippen LogP contribution in [0.2, 0.25) is 0 Å². The topological polar surface area (TPSA) is 29.5 Å². The molecule has 48 valence electrons. The highest BCUT2D eigenvalue weighted by atomic mass is 35.5. The van der Waals surface area contributed by atoms with Gasteiger partial charge in [0, 0.05) is 7.05 Å². The molecule has 0 radical (unpaired) electrons. The third kappa shape index (κ3) is 2.14. The first-order valence-electron chi connectivity index (χ1n) is 2.11. The largest absolute Gasteiger partial charge is 0.306 e. The number of carbonyl (C=O) groups excluding carboxylic acids is 1. The SMILES string of the molecule is CON(C)C(=O)C[ClH+]. The van der Waals surface area contributed by atoms with Crippen LogP contribution in [0.15, 0.2) is 0 Å². The van der Waals surface area contributed by atoms with Crippen molar-refractivity contribution in [3.63, 3.8) is 0 Å². The zero-order chi connectivity index (χ0) is 6.57. The summed E-state index contributed by atoms with van der Waals surface area (Å²) in [6.07, 6.45) is 0. The molecular weight excluding hydrogens is 130 g/mol. The molecule has 0 unspecified atom stereocenters. The summed E-state index contributed by atoms with van der Waals surface area (Å²) in [6.45, 7) is 0. The number of carbonyl (C=O) groups is 1. The Morgan fingerprint density at radius 2 is 2.38 bits per heavy atom. The molecule has 0 saturated heterocycles. The van der Waals surface area contributed by atoms with Crippen LogP contribution >= 0.6 is 0 Å². The predicted molar refractivity (Wildman–Crippen MR) is 26.0 cm³/mol. The van der Waals surface area contributed by atoms with Gasteiger partial charge in [0.05, 0.1) is 7.11 Å². The van der Waals surface area contributed by atoms with Crippen molar-refractivity contribution in [2.45, 2.75) is 0 Å². The van der Waals surface area contributed by atoms with Gasteiger partial charge in [-0.2, -0.15) is 0 Å². The van der Waals surface area contributed by atoms with Crippen LogP contribution in [0.25, 0.3) is 0 Å². The van der Waals surface area contributed by atoms with Gasteiger partial charge in [0.25, 0.3) is 0 Å². The Morgan fingerprint density at radius 1 is 1.88 bits per heavy atom. The summed E-state index contributed by atoms with van der Waals surface area (Å²) in [5.41, 5.74) is 0. The van der Waals surface area contributed by atoms with E-state index in [2.05, 4.69) is 16.4 Å². The van der Waals surface area contributed by atoms with Gasteiger partial charge in [-0.1, -0.05) is 0 Å². The van der Waals surface area contributed by atoms with Crippen LogP contribution in [0, 0.1) is 11.6 Å². The number of hydroxylamine groups is 2. The summed E-state index contributed by atoms with van der Waals surface area (Å²) < 4.78 is 0. The first-order chi connectivity index (χ1) is 3.72. The van der Waals surface area contributed by atoms with E-state index in [4.69, 9.17) is 0 Å². The van der Waals surface area contributed by atoms with Crippen LogP contribution in [0.3, 0.4) is 0 Å². The molecule has 0 aromatic carbocycles. The molecule has 0 aliphatic heterocycles. The van der Waals surface area contributed by atoms with Crippen LogP contribution in [0.1, 0.15) is 0 Å². The van der Waals surface area contributed by atoms with Gasteiger partial charge in [0.2, 0.25) is 5.88 Å². The maximum absolute atomic E-state index is 10.4. The molecule has 0 saturated carbocycles. The Bertz CT molecular complexity index is 86.1. The Morgan fingerprint density at radius 3 is 2.50 bits per heavy atom. The number of nitrogens with zero attached hydrogens (tertiary/aromatic N) is 1. The molecular formula is C4H9ClNO2+. The molecule has 0 aromatic rings. The van der Waals surface area contributed by atoms with Gasteiger partial charge < -0.3 is 0 Å². The van der Waals surface area contributed by atoms with Crippen LogP contribution in [0.4, 0.5) is 0 Å². The second-order valence-corrected chi connectivity index (χ2v) is 1.51. The fraction of sp³-hybridized carbons (Fsp3) is 0.750. The van der Waals surface area contributed by atoms with Crippen LogP contribution in [0.5, 0.6) is 0 Å². The summed E-state index contributed by atoms with van der Waals surface area (Å²) in [7, 11) is 2.94. The average Bonchev–Trinajstić information content (AvgIpc) is 1.84. The quantitative estimate of drug-likeness (QED) is 0.373. The van der Waals surface area contributed by atoms with E-state index in [1.807, 2.05) is 0 Å². The number of hydrogen-bond donors (Lipinski definition) is 0. The van der Waals surface area contributed by atoms with E-state index >= 15 is 0 Å². The lowest BCUT2D eigenvalue weighted by Gasteiger charge is -2.08. The molecule has 0 aliphatic rings. The lowest BCUT2D eigenvalue weighted by molar-refractivity contribution is -0.360. The molecule has 0 N–H and O–H groups in total. The van der Waals surface area contributed by atoms with Crippen molar-refractivity contribution in [2.24, 2.45) is 0 Å². The van der Waals surface area contributed by atoms with Gasteiger partial charge in [-0.25, -0.2) is 5.06 Å². The fourth-order valence-corrected chi connectivity index (χ4v) is 0.375. The van der Waals surface area contributed by atoms with E-state index < -0.39 is 0 Å². The predicted octanol–water partition coefficient (Wildman–Crippen LogP) is -0.712. The molecule has 0 heterocycles. The van der Waals surface area contributed by atoms with Crippen LogP contribution < -0.4 is 0 Å². The van der Waals surface area contributed by atoms with Gasteiger partial charge >= 0.3 is 5.91 Å². The third-order valence-corrected chi connectivity index (χ3v) is 0.996. The lowest BCUT2D eigenvalue weighted by Crippen LogP contribution is -2.27. The highest BCUT2D eigenvalue weighted by Gasteiger charge is 2.08. The Labute approximate surface area is 53.1 Å². The standard InChI is InChI=1S/C4H9ClNO2/c1-6(8-2)4(7)3-5/h5H,3H2,1-2H3/q+1. The maximum Gasteiger partial charge on any atom is 0.306 e. The maximum atomic E-state index is 10.4. The van der Waals surface area contributed by atoms with E-state index in [0.29, 0.717) is 0 Å². The third-order valence-electron chi connectivity index (χ3n) is 0.749. The number of alkyl halides is 1. The molecule has 3 nitrogen and oxygen atoms in total. The van der Waals surface area contributed by atoms with E-state index in [-0.39, 0.29) is 11.8 Å². The molecule has 0 spiro atoms. The highest BCUT2D eigenvalue weighted by molar-refractivity contribution is 5.75. The summed E-state index contributed by atoms with van der Waals surface area (Å²) in [5.74, 6) is -0.118. The van der Waals surface area contributed by atoms with Crippen molar-refractivity contribution in [3.8, 4) is 0 Å². The van der Waals surface area contributed by atoms with E-state index in [9.17, 15) is 4.79 Å². The van der Waals surface area contributed by atoms with Gasteiger partial charge in [-0.15, -0.1) is 0 Å². The van der Waals surface area contributed by atoms with Crippen molar-refractivity contribution in [3.05, 3.63) is 0 Å². The van der Waals surface area contributed by atoms with Gasteiger partial charge in [0.15, 0.2) is 0 Å². The molecule has 1 amide bonds. The van der Waals surface area contributed by atoms with Gasteiger partial charge in [-0.3, -0.25) is 9.63 Å². The van der Waals surface area contributed by atoms with E-state index in [1.165, 1.54) is 14.2 Å². The average molecular weight is 139 g/mol. The van der Waals surface area contributed by atoms with Crippen molar-refractivity contribution < 1.29 is 21.2 Å². The smallest absolute Gasteiger partial charge is 0.274 e. The molecule has 0 aliphatic carbocycles. The summed E-state index contributed by atoms with van der Waals surface area (Å²) >= 11 is 4.45. The minimum Gasteiger partial charge on any atom is -0.274 e. The van der Waals surface area contributed by atoms with Crippen molar-refractivity contribution in [1.29, 1.82) is 0 Å². The summed E-state index contributed by atoms with van der Waals surface area (Å²) in [4.78, 5) is 15.0. The van der Waals surface area contributed by atoms with E-state index in [0.717, 1.165) is 5.06 Å². The fourth-order valence-electron chi connectivity index (χ4n) is 0.193. The van der Waals surface area contributed by atoms with Gasteiger partial charge in [-0.05, 0) is 0 Å². The molecule has 0 bridgehead atoms. The molecule has 0 atom stereocenters. The second-order valence-electron chi connectivity index (χ2n) is 1.22. The lowest BCUT2D eigenvalue weighted by atomic mass is 10.7. The van der Waals surface area contributed by atoms with Crippen LogP contribution in [-0.2, 0) is 9.63 Å². The van der Waals surface area contributed by atoms with Crippen LogP contribution in [-0.4, -0.2) is 31.0 Å². The Balaban J connectivity index is 3.46. The molecule has 4 heteroatoms. The minimum absolute atomic E-state index is 0.0737. The monoisotopic (exact) mass is 138 g/mol. The Kier molecular flexibility index (Phi) is 3.56. The van der Waals surface area contributed by atoms with Crippen molar-refractivity contribution in [1.82, 2.24) is 5.06 Å². The number of amides is 1. The first-order valence-corrected chi connectivity index (χ1v) is 2.69. The Hall–Kier alpha value is -0.280. The summed E-state index contributed by atoms with van der Waals surface area (Å²) in [6, 6.07) is 0. The molecule has 0 rings (SSSR count). The zero-order valence-corrected chi connectivity index (χ0v) is 5.70. The van der Waals surface area contributed by atoms with Crippen molar-refractivity contribution >= 4 is 5.91 Å². The minimum atomic E-state index is -0.192. The van der Waals surface area contributed by atoms with E-state index in [1.54, 1.807) is 0 Å². The number of hydrogen-bond acceptors (Lipinski definition) is 2. The second kappa shape index (κ2) is 3.69. The highest BCUT2D eigenvalue weighted by Crippen LogP contribution is 1.80. The molecule has 0 fully saturated rings. The molecule has 8 heavy (non-hydrogen) atoms. The number of rotatable bonds is 2. The molecule has 0 aromatic heterocycles. The number of halogens is 1.